The van der Waals surface area contributed by atoms with E-state index in [1.807, 2.05) is 0 Å². The summed E-state index contributed by atoms with van der Waals surface area (Å²) in [6.07, 6.45) is 14.7. The molecule has 2 rings (SSSR count). The molecule has 1 saturated carbocycles. The summed E-state index contributed by atoms with van der Waals surface area (Å²) in [5, 5.41) is 11.0. The number of unbranched alkanes of at least 4 members (excludes halogenated alkanes) is 5. The molecular weight excluding hydrogens is 464 g/mol. The zero-order chi connectivity index (χ0) is 25.7. The monoisotopic (exact) mass is 516 g/mol. The number of carbonyl (C=O) groups excluding carboxylic acids is 1. The molecule has 2 unspecified atom stereocenters. The molecule has 1 N–H and O–H groups in total. The van der Waals surface area contributed by atoms with E-state index in [0.717, 1.165) is 83.5 Å². The highest BCUT2D eigenvalue weighted by Crippen LogP contribution is 2.51. The molecule has 0 aromatic heterocycles. The lowest BCUT2D eigenvalue weighted by Crippen LogP contribution is -2.38. The second-order valence-corrected chi connectivity index (χ2v) is 11.9. The summed E-state index contributed by atoms with van der Waals surface area (Å²) in [4.78, 5) is 11.8. The molecule has 1 aliphatic carbocycles. The van der Waals surface area contributed by atoms with Gasteiger partial charge in [-0.1, -0.05) is 66.2 Å². The van der Waals surface area contributed by atoms with E-state index in [-0.39, 0.29) is 23.6 Å². The van der Waals surface area contributed by atoms with Crippen molar-refractivity contribution in [2.75, 3.05) is 19.1 Å². The van der Waals surface area contributed by atoms with Crippen LogP contribution in [0.3, 0.4) is 0 Å². The van der Waals surface area contributed by atoms with E-state index in [0.29, 0.717) is 37.4 Å². The zero-order valence-corrected chi connectivity index (χ0v) is 23.8. The molecule has 0 amide bonds. The highest BCUT2D eigenvalue weighted by atomic mass is 35.5. The molecule has 5 atom stereocenters. The zero-order valence-electron chi connectivity index (χ0n) is 23.0. The smallest absolute Gasteiger partial charge is 0.305 e. The third-order valence-electron chi connectivity index (χ3n) is 8.34. The first-order valence-electron chi connectivity index (χ1n) is 14.5. The van der Waals surface area contributed by atoms with E-state index in [1.54, 1.807) is 0 Å². The van der Waals surface area contributed by atoms with Gasteiger partial charge in [-0.25, -0.2) is 0 Å². The van der Waals surface area contributed by atoms with Gasteiger partial charge in [0.1, 0.15) is 0 Å². The quantitative estimate of drug-likeness (QED) is 0.117. The first-order valence-corrected chi connectivity index (χ1v) is 15.0. The number of aliphatic hydroxyl groups is 1. The van der Waals surface area contributed by atoms with E-state index in [1.165, 1.54) is 6.42 Å². The van der Waals surface area contributed by atoms with Crippen LogP contribution in [0.25, 0.3) is 0 Å². The summed E-state index contributed by atoms with van der Waals surface area (Å²) in [7, 11) is 0. The maximum absolute atomic E-state index is 11.8. The second-order valence-electron chi connectivity index (χ2n) is 11.6. The number of carbonyl (C=O) groups is 1. The Labute approximate surface area is 220 Å². The van der Waals surface area contributed by atoms with E-state index < -0.39 is 5.79 Å². The lowest BCUT2D eigenvalue weighted by Gasteiger charge is -2.35. The summed E-state index contributed by atoms with van der Waals surface area (Å²) in [6.45, 7) is 9.85. The lowest BCUT2D eigenvalue weighted by atomic mass is 9.77. The maximum atomic E-state index is 11.8. The molecule has 1 saturated heterocycles. The Bertz CT molecular complexity index is 598. The van der Waals surface area contributed by atoms with Crippen LogP contribution in [0.4, 0.5) is 0 Å². The minimum absolute atomic E-state index is 0.0183. The summed E-state index contributed by atoms with van der Waals surface area (Å²) in [6, 6.07) is 0. The number of esters is 1. The van der Waals surface area contributed by atoms with E-state index in [4.69, 9.17) is 25.8 Å². The predicted octanol–water partition coefficient (Wildman–Crippen LogP) is 7.40. The maximum Gasteiger partial charge on any atom is 0.305 e. The average molecular weight is 517 g/mol. The molecule has 206 valence electrons. The SMILES string of the molecule is CCCCOC(=O)CCCCCC[C@@H]1[C@@H](CC[C@H](O)C(C)(C)CCCC)CCC12OCC(CCl)O2. The van der Waals surface area contributed by atoms with Crippen molar-refractivity contribution in [2.24, 2.45) is 17.3 Å². The Hall–Kier alpha value is -0.360. The number of hydrogen-bond acceptors (Lipinski definition) is 5. The van der Waals surface area contributed by atoms with Crippen molar-refractivity contribution in [2.45, 2.75) is 142 Å². The fourth-order valence-electron chi connectivity index (χ4n) is 5.87. The van der Waals surface area contributed by atoms with E-state index in [2.05, 4.69) is 27.7 Å². The van der Waals surface area contributed by atoms with Gasteiger partial charge in [-0.3, -0.25) is 4.79 Å². The van der Waals surface area contributed by atoms with Crippen LogP contribution in [-0.2, 0) is 19.0 Å². The first-order chi connectivity index (χ1) is 16.8. The average Bonchev–Trinajstić information content (AvgIpc) is 3.42. The van der Waals surface area contributed by atoms with Crippen LogP contribution in [0.5, 0.6) is 0 Å². The van der Waals surface area contributed by atoms with Gasteiger partial charge in [0.15, 0.2) is 5.79 Å². The fraction of sp³-hybridized carbons (Fsp3) is 0.966. The van der Waals surface area contributed by atoms with Crippen molar-refractivity contribution in [1.82, 2.24) is 0 Å². The van der Waals surface area contributed by atoms with Crippen LogP contribution in [-0.4, -0.2) is 48.2 Å². The Balaban J connectivity index is 1.83. The second kappa shape index (κ2) is 15.8. The number of aliphatic hydroxyl groups excluding tert-OH is 1. The number of rotatable bonds is 18. The van der Waals surface area contributed by atoms with Crippen molar-refractivity contribution in [3.63, 3.8) is 0 Å². The Kier molecular flexibility index (Phi) is 13.9. The third-order valence-corrected chi connectivity index (χ3v) is 8.69. The van der Waals surface area contributed by atoms with Gasteiger partial charge in [-0.15, -0.1) is 11.6 Å². The summed E-state index contributed by atoms with van der Waals surface area (Å²) in [5.41, 5.74) is -0.0381. The van der Waals surface area contributed by atoms with E-state index in [9.17, 15) is 9.90 Å². The highest BCUT2D eigenvalue weighted by molar-refractivity contribution is 6.18. The largest absolute Gasteiger partial charge is 0.466 e. The van der Waals surface area contributed by atoms with Crippen molar-refractivity contribution in [3.8, 4) is 0 Å². The van der Waals surface area contributed by atoms with E-state index >= 15 is 0 Å². The van der Waals surface area contributed by atoms with Crippen LogP contribution in [0.15, 0.2) is 0 Å². The first kappa shape index (κ1) is 30.9. The van der Waals surface area contributed by atoms with Gasteiger partial charge < -0.3 is 19.3 Å². The molecule has 1 heterocycles. The normalized spacial score (nSPS) is 27.5. The standard InChI is InChI=1S/C29H53ClO5/c1-5-7-18-28(3,4)26(31)16-15-23-17-19-29(34-22-24(21-30)35-29)25(23)13-11-9-10-12-14-27(32)33-20-8-6-2/h23-26,31H,5-22H2,1-4H3/t23-,24?,25+,26-,29?/m0/s1. The number of ether oxygens (including phenoxy) is 3. The Morgan fingerprint density at radius 3 is 2.54 bits per heavy atom. The summed E-state index contributed by atoms with van der Waals surface area (Å²) >= 11 is 6.10. The summed E-state index contributed by atoms with van der Waals surface area (Å²) in [5.74, 6) is 0.775. The van der Waals surface area contributed by atoms with Crippen LogP contribution in [0.1, 0.15) is 124 Å². The van der Waals surface area contributed by atoms with Crippen LogP contribution in [0, 0.1) is 17.3 Å². The molecule has 0 bridgehead atoms. The predicted molar refractivity (Wildman–Crippen MR) is 143 cm³/mol. The van der Waals surface area contributed by atoms with Gasteiger partial charge in [-0.2, -0.15) is 0 Å². The minimum atomic E-state index is -0.490. The van der Waals surface area contributed by atoms with Crippen molar-refractivity contribution >= 4 is 17.6 Å². The topological polar surface area (TPSA) is 65.0 Å². The molecule has 5 nitrogen and oxygen atoms in total. The molecule has 2 aliphatic rings. The van der Waals surface area contributed by atoms with Gasteiger partial charge >= 0.3 is 5.97 Å². The van der Waals surface area contributed by atoms with Crippen LogP contribution >= 0.6 is 11.6 Å². The van der Waals surface area contributed by atoms with Crippen LogP contribution < -0.4 is 0 Å². The number of alkyl halides is 1. The van der Waals surface area contributed by atoms with Gasteiger partial charge in [0.25, 0.3) is 0 Å². The van der Waals surface area contributed by atoms with Gasteiger partial charge in [0.2, 0.25) is 0 Å². The highest BCUT2D eigenvalue weighted by Gasteiger charge is 2.54. The molecule has 0 aromatic rings. The van der Waals surface area contributed by atoms with Gasteiger partial charge in [0.05, 0.1) is 31.3 Å². The van der Waals surface area contributed by atoms with Crippen molar-refractivity contribution in [3.05, 3.63) is 0 Å². The Morgan fingerprint density at radius 1 is 1.11 bits per heavy atom. The summed E-state index contributed by atoms with van der Waals surface area (Å²) < 4.78 is 18.0. The van der Waals surface area contributed by atoms with Gasteiger partial charge in [0, 0.05) is 18.8 Å². The molecule has 2 fully saturated rings. The van der Waals surface area contributed by atoms with Crippen molar-refractivity contribution < 1.29 is 24.1 Å². The number of halogens is 1. The molecule has 0 radical (unpaired) electrons. The molecule has 0 aromatic carbocycles. The molecule has 1 aliphatic heterocycles. The number of hydrogen-bond donors (Lipinski definition) is 1. The minimum Gasteiger partial charge on any atom is -0.466 e. The molecule has 6 heteroatoms. The van der Waals surface area contributed by atoms with Crippen molar-refractivity contribution in [1.29, 1.82) is 0 Å². The molecule has 35 heavy (non-hydrogen) atoms. The fourth-order valence-corrected chi connectivity index (χ4v) is 6.02. The lowest BCUT2D eigenvalue weighted by molar-refractivity contribution is -0.196. The molecular formula is C29H53ClO5. The van der Waals surface area contributed by atoms with Gasteiger partial charge in [-0.05, 0) is 56.3 Å². The Morgan fingerprint density at radius 2 is 1.86 bits per heavy atom. The molecule has 1 spiro atoms. The third kappa shape index (κ3) is 9.79. The van der Waals surface area contributed by atoms with Crippen LogP contribution in [0.2, 0.25) is 0 Å².